The quantitative estimate of drug-likeness (QED) is 0.144. The van der Waals surface area contributed by atoms with Crippen LogP contribution in [-0.4, -0.2) is 16.1 Å². The molecule has 3 heteroatoms. The van der Waals surface area contributed by atoms with Crippen molar-refractivity contribution in [1.82, 2.24) is 0 Å². The average Bonchev–Trinajstić information content (AvgIpc) is 3.43. The summed E-state index contributed by atoms with van der Waals surface area (Å²) in [4.78, 5) is 0. The van der Waals surface area contributed by atoms with E-state index in [0.29, 0.717) is 33.2 Å². The van der Waals surface area contributed by atoms with E-state index in [0.717, 1.165) is 0 Å². The van der Waals surface area contributed by atoms with Gasteiger partial charge in [0.25, 0.3) is 0 Å². The van der Waals surface area contributed by atoms with E-state index in [1.165, 1.54) is 43.1 Å². The van der Waals surface area contributed by atoms with E-state index in [2.05, 4.69) is 166 Å². The van der Waals surface area contributed by atoms with Gasteiger partial charge < -0.3 is 0 Å². The molecule has 1 aliphatic rings. The fourth-order valence-corrected chi connectivity index (χ4v) is 20.6. The van der Waals surface area contributed by atoms with Crippen molar-refractivity contribution in [3.05, 3.63) is 82.2 Å². The van der Waals surface area contributed by atoms with E-state index in [1.807, 2.05) is 11.3 Å². The molecule has 0 saturated carbocycles. The Balaban J connectivity index is 1.86. The van der Waals surface area contributed by atoms with E-state index < -0.39 is 16.1 Å². The minimum Gasteiger partial charge on any atom is -0.144 e. The fraction of sp³-hybridized carbons (Fsp3) is 0.476. The first-order valence-corrected chi connectivity index (χ1v) is 22.7. The molecule has 5 rings (SSSR count). The summed E-state index contributed by atoms with van der Waals surface area (Å²) < 4.78 is 1.35. The third-order valence-corrected chi connectivity index (χ3v) is 24.9. The lowest BCUT2D eigenvalue weighted by Crippen LogP contribution is -2.43. The summed E-state index contributed by atoms with van der Waals surface area (Å²) in [6.45, 7) is 29.1. The molecule has 0 nitrogen and oxygen atoms in total. The van der Waals surface area contributed by atoms with Crippen molar-refractivity contribution in [3.8, 4) is 22.9 Å². The van der Waals surface area contributed by atoms with Crippen LogP contribution in [0.3, 0.4) is 0 Å². The van der Waals surface area contributed by atoms with Gasteiger partial charge in [-0.1, -0.05) is 119 Å². The highest BCUT2D eigenvalue weighted by molar-refractivity contribution is 7.17. The van der Waals surface area contributed by atoms with Crippen molar-refractivity contribution in [2.24, 2.45) is 0 Å². The average molecular weight is 647 g/mol. The van der Waals surface area contributed by atoms with E-state index >= 15 is 0 Å². The summed E-state index contributed by atoms with van der Waals surface area (Å²) in [5, 5.41) is 6.16. The predicted octanol–water partition coefficient (Wildman–Crippen LogP) is 13.1. The molecule has 3 aromatic carbocycles. The number of fused-ring (bicyclic) bond motifs is 4. The van der Waals surface area contributed by atoms with E-state index in [-0.39, 0.29) is 11.8 Å². The zero-order chi connectivity index (χ0) is 32.8. The minimum atomic E-state index is -1.92. The second-order valence-corrected chi connectivity index (χ2v) is 27.6. The molecule has 0 radical (unpaired) electrons. The molecule has 1 aromatic heterocycles. The highest BCUT2D eigenvalue weighted by Crippen LogP contribution is 2.48. The molecule has 1 heterocycles. The van der Waals surface area contributed by atoms with Gasteiger partial charge in [0.2, 0.25) is 0 Å². The highest BCUT2D eigenvalue weighted by Gasteiger charge is 2.43. The summed E-state index contributed by atoms with van der Waals surface area (Å²) in [6, 6.07) is 21.0. The molecule has 2 unspecified atom stereocenters. The van der Waals surface area contributed by atoms with Crippen molar-refractivity contribution >= 4 is 48.3 Å². The lowest BCUT2D eigenvalue weighted by Gasteiger charge is -2.39. The van der Waals surface area contributed by atoms with E-state index in [1.54, 1.807) is 0 Å². The van der Waals surface area contributed by atoms with Crippen LogP contribution in [0.2, 0.25) is 33.2 Å². The lowest BCUT2D eigenvalue weighted by molar-refractivity contribution is 0.836. The van der Waals surface area contributed by atoms with Gasteiger partial charge in [-0.15, -0.1) is 22.4 Å². The molecule has 0 fully saturated rings. The Labute approximate surface area is 280 Å². The number of hydrogen-bond acceptors (Lipinski definition) is 1. The highest BCUT2D eigenvalue weighted by atomic mass is 32.1. The van der Waals surface area contributed by atoms with Gasteiger partial charge in [0.15, 0.2) is 0 Å². The summed E-state index contributed by atoms with van der Waals surface area (Å²) in [5.74, 6) is 8.23. The summed E-state index contributed by atoms with van der Waals surface area (Å²) >= 11 is 1.85. The Morgan fingerprint density at radius 3 is 1.22 bits per heavy atom. The van der Waals surface area contributed by atoms with Crippen LogP contribution < -0.4 is 0 Å². The Morgan fingerprint density at radius 2 is 0.844 bits per heavy atom. The van der Waals surface area contributed by atoms with Crippen LogP contribution in [0.15, 0.2) is 60.0 Å². The van der Waals surface area contributed by atoms with Gasteiger partial charge >= 0.3 is 0 Å². The Morgan fingerprint density at radius 1 is 0.489 bits per heavy atom. The van der Waals surface area contributed by atoms with Crippen molar-refractivity contribution in [2.75, 3.05) is 0 Å². The summed E-state index contributed by atoms with van der Waals surface area (Å²) in [5.41, 5.74) is 17.4. The van der Waals surface area contributed by atoms with Crippen LogP contribution in [0.4, 0.5) is 0 Å². The summed E-state index contributed by atoms with van der Waals surface area (Å²) in [7, 11) is -3.85. The van der Waals surface area contributed by atoms with Gasteiger partial charge in [-0.2, -0.15) is 0 Å². The first kappa shape index (κ1) is 33.8. The van der Waals surface area contributed by atoms with Crippen molar-refractivity contribution in [3.63, 3.8) is 0 Å². The molecule has 2 atom stereocenters. The van der Waals surface area contributed by atoms with E-state index in [4.69, 9.17) is 0 Å². The molecule has 0 saturated heterocycles. The first-order chi connectivity index (χ1) is 21.2. The fourth-order valence-electron chi connectivity index (χ4n) is 9.22. The third-order valence-electron chi connectivity index (χ3n) is 11.5. The second-order valence-electron chi connectivity index (χ2n) is 15.5. The number of hydrogen-bond donors (Lipinski definition) is 0. The second kappa shape index (κ2) is 12.9. The van der Waals surface area contributed by atoms with Gasteiger partial charge in [-0.25, -0.2) is 0 Å². The zero-order valence-electron chi connectivity index (χ0n) is 29.8. The Bertz CT molecular complexity index is 1640. The normalized spacial score (nSPS) is 16.8. The molecular weight excluding hydrogens is 593 g/mol. The molecule has 0 aliphatic heterocycles. The molecular formula is C42H54SSi2. The maximum absolute atomic E-state index is 4.15. The van der Waals surface area contributed by atoms with Crippen LogP contribution in [0.5, 0.6) is 0 Å². The zero-order valence-corrected chi connectivity index (χ0v) is 32.6. The topological polar surface area (TPSA) is 0 Å². The third kappa shape index (κ3) is 5.69. The minimum absolute atomic E-state index is 0.0485. The standard InChI is InChI=1S/C42H54SSi2/c1-27(2)44(28(3)4,29(5)6)21-18-36-38-23-33-15-13-14-16-34(33)24-39(38)37(19-22-45(30(7)8,31(9)10)32(11)12)41-26-42-35(17-20-43-42)25-40(36)41/h13-17,20,23-32,36-37H,1-12H3. The van der Waals surface area contributed by atoms with Gasteiger partial charge in [-0.05, 0) is 107 Å². The number of rotatable bonds is 6. The maximum atomic E-state index is 4.15. The predicted molar refractivity (Wildman–Crippen MR) is 207 cm³/mol. The first-order valence-electron chi connectivity index (χ1n) is 17.3. The summed E-state index contributed by atoms with van der Waals surface area (Å²) in [6.07, 6.45) is 0. The van der Waals surface area contributed by atoms with Crippen LogP contribution in [0.25, 0.3) is 20.9 Å². The number of benzene rings is 3. The van der Waals surface area contributed by atoms with Crippen molar-refractivity contribution in [2.45, 2.75) is 128 Å². The van der Waals surface area contributed by atoms with Gasteiger partial charge in [0, 0.05) is 4.70 Å². The number of thiophene rings is 1. The molecule has 4 aromatic rings. The monoisotopic (exact) mass is 646 g/mol. The molecule has 236 valence electrons. The van der Waals surface area contributed by atoms with Gasteiger partial charge in [-0.3, -0.25) is 0 Å². The smallest absolute Gasteiger partial charge is 0.144 e. The van der Waals surface area contributed by atoms with Gasteiger partial charge in [0.05, 0.1) is 11.8 Å². The molecule has 0 N–H and O–H groups in total. The van der Waals surface area contributed by atoms with Crippen LogP contribution in [0.1, 0.15) is 117 Å². The molecule has 1 aliphatic carbocycles. The molecule has 0 bridgehead atoms. The van der Waals surface area contributed by atoms with Crippen molar-refractivity contribution in [1.29, 1.82) is 0 Å². The molecule has 0 amide bonds. The SMILES string of the molecule is CC(C)[Si](C#CC1c2cc3ccccc3cc2C(C#C[Si](C(C)C)(C(C)C)C(C)C)c2cc3sccc3cc21)(C(C)C)C(C)C. The van der Waals surface area contributed by atoms with Crippen molar-refractivity contribution < 1.29 is 0 Å². The lowest BCUT2D eigenvalue weighted by atomic mass is 9.72. The van der Waals surface area contributed by atoms with Crippen LogP contribution >= 0.6 is 11.3 Å². The van der Waals surface area contributed by atoms with Crippen LogP contribution in [-0.2, 0) is 0 Å². The van der Waals surface area contributed by atoms with Crippen LogP contribution in [0, 0.1) is 22.9 Å². The Hall–Kier alpha value is -2.57. The molecule has 0 spiro atoms. The largest absolute Gasteiger partial charge is 0.146 e. The van der Waals surface area contributed by atoms with Gasteiger partial charge in [0.1, 0.15) is 16.1 Å². The molecule has 45 heavy (non-hydrogen) atoms. The maximum Gasteiger partial charge on any atom is 0.146 e. The Kier molecular flexibility index (Phi) is 9.69. The van der Waals surface area contributed by atoms with E-state index in [9.17, 15) is 0 Å².